The third-order valence-corrected chi connectivity index (χ3v) is 3.53. The van der Waals surface area contributed by atoms with Crippen molar-refractivity contribution in [1.82, 2.24) is 0 Å². The summed E-state index contributed by atoms with van der Waals surface area (Å²) in [6.07, 6.45) is 0. The molecule has 2 aromatic carbocycles. The predicted octanol–water partition coefficient (Wildman–Crippen LogP) is 4.38. The Morgan fingerprint density at radius 2 is 1.57 bits per heavy atom. The zero-order chi connectivity index (χ0) is 15.8. The highest BCUT2D eigenvalue weighted by molar-refractivity contribution is 6.37. The summed E-state index contributed by atoms with van der Waals surface area (Å²) < 4.78 is 0. The van der Waals surface area contributed by atoms with Crippen LogP contribution in [-0.4, -0.2) is 15.3 Å². The van der Waals surface area contributed by atoms with E-state index in [1.165, 1.54) is 24.3 Å². The van der Waals surface area contributed by atoms with Crippen LogP contribution in [0.3, 0.4) is 0 Å². The van der Waals surface area contributed by atoms with Gasteiger partial charge in [0.1, 0.15) is 5.75 Å². The topological polar surface area (TPSA) is 72.7 Å². The van der Waals surface area contributed by atoms with Gasteiger partial charge in [0, 0.05) is 16.9 Å². The quantitative estimate of drug-likeness (QED) is 0.631. The van der Waals surface area contributed by atoms with Gasteiger partial charge in [0.15, 0.2) is 5.75 Å². The first-order valence-electron chi connectivity index (χ1n) is 6.19. The Morgan fingerprint density at radius 1 is 1.00 bits per heavy atom. The molecular weight excluding hydrogens is 313 g/mol. The number of nitrogens with one attached hydrogen (secondary N) is 1. The summed E-state index contributed by atoms with van der Waals surface area (Å²) in [6, 6.07) is 7.65. The van der Waals surface area contributed by atoms with Crippen molar-refractivity contribution in [3.8, 4) is 11.5 Å². The third-order valence-electron chi connectivity index (χ3n) is 2.96. The molecule has 0 saturated heterocycles. The lowest BCUT2D eigenvalue weighted by molar-refractivity contribution is 0.0791. The molecule has 0 aliphatic heterocycles. The van der Waals surface area contributed by atoms with Crippen LogP contribution in [-0.2, 0) is 5.60 Å². The molecule has 0 saturated carbocycles. The maximum atomic E-state index is 10.2. The Kier molecular flexibility index (Phi) is 4.23. The molecule has 0 atom stereocenters. The van der Waals surface area contributed by atoms with Crippen LogP contribution in [0.4, 0.5) is 11.4 Å². The minimum atomic E-state index is -1.15. The minimum Gasteiger partial charge on any atom is -0.508 e. The zero-order valence-electron chi connectivity index (χ0n) is 11.5. The van der Waals surface area contributed by atoms with Crippen LogP contribution in [0.25, 0.3) is 0 Å². The van der Waals surface area contributed by atoms with E-state index >= 15 is 0 Å². The van der Waals surface area contributed by atoms with Crippen molar-refractivity contribution in [1.29, 1.82) is 0 Å². The van der Waals surface area contributed by atoms with Crippen LogP contribution < -0.4 is 5.32 Å². The van der Waals surface area contributed by atoms with E-state index in [4.69, 9.17) is 23.2 Å². The fraction of sp³-hybridized carbons (Fsp3) is 0.200. The number of aromatic hydroxyl groups is 2. The van der Waals surface area contributed by atoms with Gasteiger partial charge in [-0.1, -0.05) is 23.2 Å². The second kappa shape index (κ2) is 5.64. The molecule has 2 aromatic rings. The van der Waals surface area contributed by atoms with E-state index in [9.17, 15) is 15.3 Å². The first kappa shape index (κ1) is 15.8. The van der Waals surface area contributed by atoms with Gasteiger partial charge < -0.3 is 20.6 Å². The Hall–Kier alpha value is -1.62. The molecular formula is C15H15Cl2NO3. The molecule has 6 heteroatoms. The van der Waals surface area contributed by atoms with Gasteiger partial charge in [-0.15, -0.1) is 0 Å². The van der Waals surface area contributed by atoms with Crippen LogP contribution in [0.15, 0.2) is 30.3 Å². The molecule has 0 radical (unpaired) electrons. The highest BCUT2D eigenvalue weighted by atomic mass is 35.5. The predicted molar refractivity (Wildman–Crippen MR) is 84.8 cm³/mol. The summed E-state index contributed by atoms with van der Waals surface area (Å²) in [5.74, 6) is -0.128. The minimum absolute atomic E-state index is 0.0550. The molecule has 0 fully saturated rings. The van der Waals surface area contributed by atoms with Crippen molar-refractivity contribution < 1.29 is 15.3 Å². The number of benzene rings is 2. The van der Waals surface area contributed by atoms with Crippen molar-refractivity contribution in [2.45, 2.75) is 19.4 Å². The molecule has 0 heterocycles. The van der Waals surface area contributed by atoms with Crippen molar-refractivity contribution in [3.63, 3.8) is 0 Å². The van der Waals surface area contributed by atoms with E-state index in [-0.39, 0.29) is 21.5 Å². The molecule has 112 valence electrons. The Balaban J connectivity index is 2.45. The van der Waals surface area contributed by atoms with Gasteiger partial charge in [0.2, 0.25) is 0 Å². The third kappa shape index (κ3) is 3.53. The zero-order valence-corrected chi connectivity index (χ0v) is 13.0. The number of hydrogen-bond acceptors (Lipinski definition) is 4. The molecule has 21 heavy (non-hydrogen) atoms. The van der Waals surface area contributed by atoms with Crippen LogP contribution in [0.2, 0.25) is 10.0 Å². The second-order valence-corrected chi connectivity index (χ2v) is 6.02. The summed E-state index contributed by atoms with van der Waals surface area (Å²) in [4.78, 5) is 0. The van der Waals surface area contributed by atoms with Gasteiger partial charge in [-0.25, -0.2) is 0 Å². The van der Waals surface area contributed by atoms with Gasteiger partial charge in [-0.05, 0) is 44.2 Å². The maximum Gasteiger partial charge on any atom is 0.152 e. The number of anilines is 2. The van der Waals surface area contributed by atoms with E-state index in [1.54, 1.807) is 19.9 Å². The Bertz CT molecular complexity index is 658. The smallest absolute Gasteiger partial charge is 0.152 e. The largest absolute Gasteiger partial charge is 0.508 e. The molecule has 0 spiro atoms. The molecule has 2 rings (SSSR count). The average Bonchev–Trinajstić information content (AvgIpc) is 2.37. The van der Waals surface area contributed by atoms with Crippen LogP contribution in [0.1, 0.15) is 19.4 Å². The lowest BCUT2D eigenvalue weighted by atomic mass is 9.96. The van der Waals surface area contributed by atoms with Gasteiger partial charge in [-0.2, -0.15) is 0 Å². The Labute approximate surface area is 132 Å². The van der Waals surface area contributed by atoms with Crippen LogP contribution in [0, 0.1) is 0 Å². The molecule has 4 nitrogen and oxygen atoms in total. The van der Waals surface area contributed by atoms with Crippen molar-refractivity contribution in [2.75, 3.05) is 5.32 Å². The first-order valence-corrected chi connectivity index (χ1v) is 6.95. The molecule has 4 N–H and O–H groups in total. The van der Waals surface area contributed by atoms with E-state index in [0.29, 0.717) is 16.9 Å². The molecule has 0 aliphatic rings. The van der Waals surface area contributed by atoms with Gasteiger partial charge in [0.25, 0.3) is 0 Å². The fourth-order valence-corrected chi connectivity index (χ4v) is 2.43. The lowest BCUT2D eigenvalue weighted by Crippen LogP contribution is -2.17. The highest BCUT2D eigenvalue weighted by Gasteiger charge is 2.21. The average molecular weight is 328 g/mol. The number of phenolic OH excluding ortho intramolecular Hbond substituents is 2. The monoisotopic (exact) mass is 327 g/mol. The standard InChI is InChI=1S/C15H15Cl2NO3/c1-15(2,21)10-7-9(19)3-4-13(10)18-8-5-11(16)14(20)12(17)6-8/h3-7,18-21H,1-2H3. The fourth-order valence-electron chi connectivity index (χ4n) is 1.94. The van der Waals surface area contributed by atoms with Gasteiger partial charge in [-0.3, -0.25) is 0 Å². The normalized spacial score (nSPS) is 11.5. The van der Waals surface area contributed by atoms with Gasteiger partial charge in [0.05, 0.1) is 15.6 Å². The van der Waals surface area contributed by atoms with E-state index in [1.807, 2.05) is 0 Å². The summed E-state index contributed by atoms with van der Waals surface area (Å²) >= 11 is 11.8. The number of aliphatic hydroxyl groups is 1. The van der Waals surface area contributed by atoms with E-state index in [2.05, 4.69) is 5.32 Å². The molecule has 0 aromatic heterocycles. The number of phenols is 2. The first-order chi connectivity index (χ1) is 9.68. The maximum absolute atomic E-state index is 10.2. The summed E-state index contributed by atoms with van der Waals surface area (Å²) in [5, 5.41) is 32.6. The molecule has 0 amide bonds. The van der Waals surface area contributed by atoms with E-state index < -0.39 is 5.60 Å². The summed E-state index contributed by atoms with van der Waals surface area (Å²) in [5.41, 5.74) is 0.519. The molecule has 0 aliphatic carbocycles. The van der Waals surface area contributed by atoms with Gasteiger partial charge >= 0.3 is 0 Å². The van der Waals surface area contributed by atoms with Crippen molar-refractivity contribution in [2.24, 2.45) is 0 Å². The second-order valence-electron chi connectivity index (χ2n) is 5.20. The highest BCUT2D eigenvalue weighted by Crippen LogP contribution is 2.37. The molecule has 0 unspecified atom stereocenters. The lowest BCUT2D eigenvalue weighted by Gasteiger charge is -2.23. The van der Waals surface area contributed by atoms with Crippen molar-refractivity contribution in [3.05, 3.63) is 45.9 Å². The molecule has 0 bridgehead atoms. The van der Waals surface area contributed by atoms with Crippen LogP contribution in [0.5, 0.6) is 11.5 Å². The van der Waals surface area contributed by atoms with E-state index in [0.717, 1.165) is 0 Å². The number of hydrogen-bond donors (Lipinski definition) is 4. The Morgan fingerprint density at radius 3 is 2.10 bits per heavy atom. The van der Waals surface area contributed by atoms with Crippen molar-refractivity contribution >= 4 is 34.6 Å². The summed E-state index contributed by atoms with van der Waals surface area (Å²) in [7, 11) is 0. The summed E-state index contributed by atoms with van der Waals surface area (Å²) in [6.45, 7) is 3.23. The SMILES string of the molecule is CC(C)(O)c1cc(O)ccc1Nc1cc(Cl)c(O)c(Cl)c1. The van der Waals surface area contributed by atoms with Crippen LogP contribution >= 0.6 is 23.2 Å². The number of halogens is 2. The number of rotatable bonds is 3.